The summed E-state index contributed by atoms with van der Waals surface area (Å²) in [6, 6.07) is 15.2. The van der Waals surface area contributed by atoms with E-state index in [-0.39, 0.29) is 5.78 Å². The highest BCUT2D eigenvalue weighted by Gasteiger charge is 2.15. The molecule has 2 aromatic carbocycles. The molecule has 0 radical (unpaired) electrons. The van der Waals surface area contributed by atoms with E-state index in [4.69, 9.17) is 11.6 Å². The summed E-state index contributed by atoms with van der Waals surface area (Å²) < 4.78 is 2.04. The lowest BCUT2D eigenvalue weighted by atomic mass is 10.1. The maximum atomic E-state index is 12.5. The molecule has 4 aromatic rings. The number of hydrogen-bond donors (Lipinski definition) is 0. The lowest BCUT2D eigenvalue weighted by Crippen LogP contribution is -2.03. The van der Waals surface area contributed by atoms with E-state index in [9.17, 15) is 4.79 Å². The molecule has 0 aliphatic rings. The SMILES string of the molecule is Cc1cc2nnc(SCC(=O)c3ccc(Cl)cc3)n2c2c(C)cccc12. The molecule has 0 fully saturated rings. The van der Waals surface area contributed by atoms with E-state index in [0.29, 0.717) is 16.3 Å². The predicted molar refractivity (Wildman–Crippen MR) is 106 cm³/mol. The van der Waals surface area contributed by atoms with Crippen molar-refractivity contribution in [2.45, 2.75) is 19.0 Å². The number of para-hydroxylation sites is 1. The van der Waals surface area contributed by atoms with Crippen molar-refractivity contribution in [3.8, 4) is 0 Å². The highest BCUT2D eigenvalue weighted by Crippen LogP contribution is 2.28. The van der Waals surface area contributed by atoms with E-state index >= 15 is 0 Å². The molecule has 6 heteroatoms. The van der Waals surface area contributed by atoms with E-state index in [2.05, 4.69) is 42.2 Å². The van der Waals surface area contributed by atoms with E-state index < -0.39 is 0 Å². The topological polar surface area (TPSA) is 47.3 Å². The maximum absolute atomic E-state index is 12.5. The van der Waals surface area contributed by atoms with Gasteiger partial charge in [-0.3, -0.25) is 9.20 Å². The molecule has 2 aromatic heterocycles. The lowest BCUT2D eigenvalue weighted by molar-refractivity contribution is 0.102. The summed E-state index contributed by atoms with van der Waals surface area (Å²) in [6.45, 7) is 4.15. The third kappa shape index (κ3) is 2.97. The Hall–Kier alpha value is -2.37. The summed E-state index contributed by atoms with van der Waals surface area (Å²) in [6.07, 6.45) is 0. The molecule has 0 amide bonds. The molecule has 4 nitrogen and oxygen atoms in total. The average Bonchev–Trinajstić information content (AvgIpc) is 3.03. The molecule has 0 spiro atoms. The van der Waals surface area contributed by atoms with Gasteiger partial charge < -0.3 is 0 Å². The van der Waals surface area contributed by atoms with Gasteiger partial charge in [0.1, 0.15) is 0 Å². The van der Waals surface area contributed by atoms with Crippen LogP contribution in [-0.4, -0.2) is 26.1 Å². The molecule has 4 rings (SSSR count). The molecular weight excluding hydrogens is 366 g/mol. The second kappa shape index (κ2) is 6.74. The molecule has 0 saturated carbocycles. The van der Waals surface area contributed by atoms with Crippen LogP contribution in [0.2, 0.25) is 5.02 Å². The number of halogens is 1. The molecule has 130 valence electrons. The van der Waals surface area contributed by atoms with Crippen molar-refractivity contribution in [1.29, 1.82) is 0 Å². The number of Topliss-reactive ketones (excluding diaryl/α,β-unsaturated/α-hetero) is 1. The number of benzene rings is 2. The van der Waals surface area contributed by atoms with Gasteiger partial charge in [0.05, 0.1) is 11.3 Å². The monoisotopic (exact) mass is 381 g/mol. The first-order valence-electron chi connectivity index (χ1n) is 8.20. The minimum atomic E-state index is 0.0385. The highest BCUT2D eigenvalue weighted by molar-refractivity contribution is 7.99. The summed E-state index contributed by atoms with van der Waals surface area (Å²) in [7, 11) is 0. The second-order valence-corrected chi connectivity index (χ2v) is 7.57. The van der Waals surface area contributed by atoms with Crippen molar-refractivity contribution in [2.24, 2.45) is 0 Å². The summed E-state index contributed by atoms with van der Waals surface area (Å²) in [5, 5.41) is 11.1. The van der Waals surface area contributed by atoms with Crippen LogP contribution in [0.1, 0.15) is 21.5 Å². The number of carbonyl (C=O) groups is 1. The number of ketones is 1. The first kappa shape index (κ1) is 17.1. The van der Waals surface area contributed by atoms with E-state index in [1.165, 1.54) is 17.1 Å². The molecular formula is C20H16ClN3OS. The quantitative estimate of drug-likeness (QED) is 0.363. The average molecular weight is 382 g/mol. The van der Waals surface area contributed by atoms with Crippen LogP contribution in [-0.2, 0) is 0 Å². The molecule has 0 saturated heterocycles. The van der Waals surface area contributed by atoms with Gasteiger partial charge in [0, 0.05) is 16.0 Å². The first-order valence-corrected chi connectivity index (χ1v) is 9.56. The fraction of sp³-hybridized carbons (Fsp3) is 0.150. The van der Waals surface area contributed by atoms with Gasteiger partial charge in [-0.2, -0.15) is 0 Å². The van der Waals surface area contributed by atoms with Crippen LogP contribution in [0.3, 0.4) is 0 Å². The van der Waals surface area contributed by atoms with Crippen LogP contribution >= 0.6 is 23.4 Å². The summed E-state index contributed by atoms with van der Waals surface area (Å²) in [4.78, 5) is 12.5. The van der Waals surface area contributed by atoms with Crippen molar-refractivity contribution in [1.82, 2.24) is 14.6 Å². The largest absolute Gasteiger partial charge is 0.293 e. The molecule has 0 bridgehead atoms. The Morgan fingerprint density at radius 3 is 2.62 bits per heavy atom. The van der Waals surface area contributed by atoms with Gasteiger partial charge in [0.25, 0.3) is 0 Å². The summed E-state index contributed by atoms with van der Waals surface area (Å²) in [5.41, 5.74) is 4.85. The first-order chi connectivity index (χ1) is 12.5. The molecule has 2 heterocycles. The number of carbonyl (C=O) groups excluding carboxylic acids is 1. The van der Waals surface area contributed by atoms with Crippen LogP contribution < -0.4 is 0 Å². The zero-order chi connectivity index (χ0) is 18.3. The van der Waals surface area contributed by atoms with Crippen molar-refractivity contribution < 1.29 is 4.79 Å². The number of thioether (sulfide) groups is 1. The third-order valence-electron chi connectivity index (χ3n) is 4.39. The minimum Gasteiger partial charge on any atom is -0.293 e. The van der Waals surface area contributed by atoms with E-state index in [1.54, 1.807) is 24.3 Å². The van der Waals surface area contributed by atoms with Crippen molar-refractivity contribution in [3.63, 3.8) is 0 Å². The molecule has 0 aliphatic carbocycles. The standard InChI is InChI=1S/C20H16ClN3OS/c1-12-4-3-5-16-13(2)10-18-22-23-20(24(18)19(12)16)26-11-17(25)14-6-8-15(21)9-7-14/h3-10H,11H2,1-2H3. The van der Waals surface area contributed by atoms with E-state index in [0.717, 1.165) is 27.4 Å². The molecule has 0 atom stereocenters. The van der Waals surface area contributed by atoms with E-state index in [1.807, 2.05) is 10.5 Å². The number of rotatable bonds is 4. The zero-order valence-electron chi connectivity index (χ0n) is 14.4. The normalized spacial score (nSPS) is 11.3. The van der Waals surface area contributed by atoms with Crippen LogP contribution in [0.15, 0.2) is 53.7 Å². The van der Waals surface area contributed by atoms with Crippen molar-refractivity contribution >= 4 is 45.7 Å². The smallest absolute Gasteiger partial charge is 0.196 e. The Morgan fingerprint density at radius 1 is 1.08 bits per heavy atom. The number of nitrogens with zero attached hydrogens (tertiary/aromatic N) is 3. The minimum absolute atomic E-state index is 0.0385. The summed E-state index contributed by atoms with van der Waals surface area (Å²) >= 11 is 7.28. The van der Waals surface area contributed by atoms with Crippen molar-refractivity contribution in [3.05, 3.63) is 70.2 Å². The Kier molecular flexibility index (Phi) is 4.42. The van der Waals surface area contributed by atoms with Gasteiger partial charge in [0.15, 0.2) is 16.6 Å². The second-order valence-electron chi connectivity index (χ2n) is 6.19. The highest BCUT2D eigenvalue weighted by atomic mass is 35.5. The Balaban J connectivity index is 1.71. The molecule has 0 unspecified atom stereocenters. The predicted octanol–water partition coefficient (Wildman–Crippen LogP) is 5.13. The van der Waals surface area contributed by atoms with Crippen LogP contribution in [0.25, 0.3) is 16.6 Å². The van der Waals surface area contributed by atoms with Gasteiger partial charge in [-0.15, -0.1) is 10.2 Å². The Bertz CT molecular complexity index is 1140. The van der Waals surface area contributed by atoms with Crippen LogP contribution in [0.5, 0.6) is 0 Å². The van der Waals surface area contributed by atoms with Gasteiger partial charge in [0.2, 0.25) is 0 Å². The third-order valence-corrected chi connectivity index (χ3v) is 5.57. The zero-order valence-corrected chi connectivity index (χ0v) is 15.9. The van der Waals surface area contributed by atoms with Crippen LogP contribution in [0.4, 0.5) is 0 Å². The molecule has 26 heavy (non-hydrogen) atoms. The number of hydrogen-bond acceptors (Lipinski definition) is 4. The molecule has 0 N–H and O–H groups in total. The number of aryl methyl sites for hydroxylation is 2. The maximum Gasteiger partial charge on any atom is 0.196 e. The van der Waals surface area contributed by atoms with Gasteiger partial charge in [-0.25, -0.2) is 0 Å². The van der Waals surface area contributed by atoms with Gasteiger partial charge >= 0.3 is 0 Å². The summed E-state index contributed by atoms with van der Waals surface area (Å²) in [5.74, 6) is 0.334. The fourth-order valence-electron chi connectivity index (χ4n) is 3.07. The Labute approximate surface area is 160 Å². The van der Waals surface area contributed by atoms with Gasteiger partial charge in [-0.1, -0.05) is 41.6 Å². The van der Waals surface area contributed by atoms with Crippen LogP contribution in [0, 0.1) is 13.8 Å². The fourth-order valence-corrected chi connectivity index (χ4v) is 4.04. The Morgan fingerprint density at radius 2 is 1.85 bits per heavy atom. The lowest BCUT2D eigenvalue weighted by Gasteiger charge is -2.09. The number of pyridine rings is 1. The van der Waals surface area contributed by atoms with Gasteiger partial charge in [-0.05, 0) is 55.3 Å². The number of aromatic nitrogens is 3. The van der Waals surface area contributed by atoms with Crippen molar-refractivity contribution in [2.75, 3.05) is 5.75 Å². The number of fused-ring (bicyclic) bond motifs is 3. The molecule has 0 aliphatic heterocycles.